The van der Waals surface area contributed by atoms with Crippen molar-refractivity contribution in [3.05, 3.63) is 100 Å². The van der Waals surface area contributed by atoms with Crippen molar-refractivity contribution < 1.29 is 9.53 Å². The fourth-order valence-corrected chi connectivity index (χ4v) is 2.93. The highest BCUT2D eigenvalue weighted by Crippen LogP contribution is 2.26. The molecule has 0 N–H and O–H groups in total. The molecular formula is C20H16BrNO2. The molecule has 0 unspecified atom stereocenters. The molecule has 0 radical (unpaired) electrons. The molecule has 0 amide bonds. The van der Waals surface area contributed by atoms with Crippen LogP contribution < -0.4 is 0 Å². The zero-order valence-corrected chi connectivity index (χ0v) is 14.5. The number of hydrogen-bond donors (Lipinski definition) is 0. The van der Waals surface area contributed by atoms with Crippen molar-refractivity contribution in [2.75, 3.05) is 0 Å². The van der Waals surface area contributed by atoms with E-state index in [4.69, 9.17) is 4.74 Å². The molecule has 3 rings (SSSR count). The Hall–Kier alpha value is -2.46. The molecule has 0 aliphatic rings. The highest BCUT2D eigenvalue weighted by atomic mass is 79.9. The molecule has 1 aromatic heterocycles. The molecule has 0 spiro atoms. The van der Waals surface area contributed by atoms with E-state index in [9.17, 15) is 4.79 Å². The van der Waals surface area contributed by atoms with E-state index >= 15 is 0 Å². The Balaban J connectivity index is 1.80. The molecule has 1 heterocycles. The number of pyridine rings is 1. The van der Waals surface area contributed by atoms with E-state index < -0.39 is 6.10 Å². The van der Waals surface area contributed by atoms with E-state index in [0.717, 1.165) is 21.2 Å². The van der Waals surface area contributed by atoms with Gasteiger partial charge in [0.15, 0.2) is 6.10 Å². The van der Waals surface area contributed by atoms with Crippen LogP contribution in [0.3, 0.4) is 0 Å². The second kappa shape index (κ2) is 7.88. The van der Waals surface area contributed by atoms with E-state index in [2.05, 4.69) is 20.9 Å². The van der Waals surface area contributed by atoms with E-state index in [-0.39, 0.29) is 12.4 Å². The number of rotatable bonds is 5. The smallest absolute Gasteiger partial charge is 0.311 e. The minimum Gasteiger partial charge on any atom is -0.452 e. The Morgan fingerprint density at radius 2 is 1.67 bits per heavy atom. The van der Waals surface area contributed by atoms with Crippen LogP contribution in [0.5, 0.6) is 0 Å². The second-order valence-corrected chi connectivity index (χ2v) is 6.28. The first-order chi connectivity index (χ1) is 11.7. The number of aromatic nitrogens is 1. The van der Waals surface area contributed by atoms with Crippen molar-refractivity contribution in [2.45, 2.75) is 12.5 Å². The van der Waals surface area contributed by atoms with Gasteiger partial charge < -0.3 is 4.74 Å². The van der Waals surface area contributed by atoms with E-state index in [1.807, 2.05) is 66.7 Å². The third-order valence-electron chi connectivity index (χ3n) is 3.60. The number of esters is 1. The maximum absolute atomic E-state index is 12.4. The third kappa shape index (κ3) is 4.30. The number of carbonyl (C=O) groups is 1. The number of benzene rings is 2. The van der Waals surface area contributed by atoms with Gasteiger partial charge >= 0.3 is 5.97 Å². The van der Waals surface area contributed by atoms with Crippen molar-refractivity contribution >= 4 is 21.9 Å². The SMILES string of the molecule is O=C(Cc1cccc(Br)c1)O[C@H](c1ccccc1)c1ccncc1. The summed E-state index contributed by atoms with van der Waals surface area (Å²) >= 11 is 3.42. The number of ether oxygens (including phenoxy) is 1. The molecule has 120 valence electrons. The Morgan fingerprint density at radius 3 is 2.38 bits per heavy atom. The zero-order valence-electron chi connectivity index (χ0n) is 12.9. The fraction of sp³-hybridized carbons (Fsp3) is 0.100. The summed E-state index contributed by atoms with van der Waals surface area (Å²) in [6.45, 7) is 0. The van der Waals surface area contributed by atoms with Crippen LogP contribution in [-0.4, -0.2) is 11.0 Å². The lowest BCUT2D eigenvalue weighted by atomic mass is 10.0. The molecule has 0 saturated carbocycles. The summed E-state index contributed by atoms with van der Waals surface area (Å²) < 4.78 is 6.73. The van der Waals surface area contributed by atoms with Crippen LogP contribution in [0, 0.1) is 0 Å². The molecule has 3 aromatic rings. The minimum absolute atomic E-state index is 0.230. The van der Waals surface area contributed by atoms with Crippen LogP contribution in [0.15, 0.2) is 83.6 Å². The summed E-state index contributed by atoms with van der Waals surface area (Å²) in [6, 6.07) is 21.1. The average molecular weight is 382 g/mol. The molecule has 0 aliphatic heterocycles. The van der Waals surface area contributed by atoms with Gasteiger partial charge in [-0.05, 0) is 35.4 Å². The molecule has 0 bridgehead atoms. The highest BCUT2D eigenvalue weighted by Gasteiger charge is 2.19. The van der Waals surface area contributed by atoms with Gasteiger partial charge in [0, 0.05) is 22.4 Å². The van der Waals surface area contributed by atoms with Gasteiger partial charge in [-0.15, -0.1) is 0 Å². The van der Waals surface area contributed by atoms with E-state index in [1.165, 1.54) is 0 Å². The highest BCUT2D eigenvalue weighted by molar-refractivity contribution is 9.10. The van der Waals surface area contributed by atoms with Crippen LogP contribution in [0.1, 0.15) is 22.8 Å². The summed E-state index contributed by atoms with van der Waals surface area (Å²) in [5.74, 6) is -0.265. The van der Waals surface area contributed by atoms with Crippen molar-refractivity contribution in [3.8, 4) is 0 Å². The van der Waals surface area contributed by atoms with Gasteiger partial charge in [-0.2, -0.15) is 0 Å². The van der Waals surface area contributed by atoms with Crippen molar-refractivity contribution in [3.63, 3.8) is 0 Å². The summed E-state index contributed by atoms with van der Waals surface area (Å²) in [7, 11) is 0. The Bertz CT molecular complexity index is 767. The number of nitrogens with zero attached hydrogens (tertiary/aromatic N) is 1. The third-order valence-corrected chi connectivity index (χ3v) is 4.09. The molecule has 0 fully saturated rings. The van der Waals surface area contributed by atoms with Gasteiger partial charge in [0.2, 0.25) is 0 Å². The van der Waals surface area contributed by atoms with Crippen molar-refractivity contribution in [1.82, 2.24) is 4.98 Å². The standard InChI is InChI=1S/C20H16BrNO2/c21-18-8-4-5-15(13-18)14-19(23)24-20(16-6-2-1-3-7-16)17-9-11-22-12-10-17/h1-13,20H,14H2/t20-/m1/s1. The van der Waals surface area contributed by atoms with E-state index in [1.54, 1.807) is 12.4 Å². The molecular weight excluding hydrogens is 366 g/mol. The average Bonchev–Trinajstić information content (AvgIpc) is 2.61. The fourth-order valence-electron chi connectivity index (χ4n) is 2.48. The van der Waals surface area contributed by atoms with Crippen LogP contribution >= 0.6 is 15.9 Å². The predicted octanol–water partition coefficient (Wildman–Crippen LogP) is 4.72. The summed E-state index contributed by atoms with van der Waals surface area (Å²) in [4.78, 5) is 16.5. The first-order valence-electron chi connectivity index (χ1n) is 7.61. The lowest BCUT2D eigenvalue weighted by Gasteiger charge is -2.19. The Kier molecular flexibility index (Phi) is 5.39. The lowest BCUT2D eigenvalue weighted by Crippen LogP contribution is -2.14. The number of halogens is 1. The largest absolute Gasteiger partial charge is 0.452 e. The van der Waals surface area contributed by atoms with Crippen LogP contribution in [0.25, 0.3) is 0 Å². The Morgan fingerprint density at radius 1 is 0.958 bits per heavy atom. The normalized spacial score (nSPS) is 11.7. The minimum atomic E-state index is -0.436. The van der Waals surface area contributed by atoms with Crippen LogP contribution in [0.4, 0.5) is 0 Å². The van der Waals surface area contributed by atoms with Gasteiger partial charge in [-0.25, -0.2) is 0 Å². The van der Waals surface area contributed by atoms with Gasteiger partial charge in [0.1, 0.15) is 0 Å². The number of carbonyl (C=O) groups excluding carboxylic acids is 1. The van der Waals surface area contributed by atoms with Crippen molar-refractivity contribution in [1.29, 1.82) is 0 Å². The summed E-state index contributed by atoms with van der Waals surface area (Å²) in [6.07, 6.45) is 3.20. The Labute approximate surface area is 149 Å². The van der Waals surface area contributed by atoms with Gasteiger partial charge in [-0.1, -0.05) is 58.4 Å². The molecule has 0 saturated heterocycles. The first kappa shape index (κ1) is 16.4. The second-order valence-electron chi connectivity index (χ2n) is 5.37. The monoisotopic (exact) mass is 381 g/mol. The molecule has 24 heavy (non-hydrogen) atoms. The summed E-state index contributed by atoms with van der Waals surface area (Å²) in [5, 5.41) is 0. The first-order valence-corrected chi connectivity index (χ1v) is 8.40. The van der Waals surface area contributed by atoms with E-state index in [0.29, 0.717) is 0 Å². The molecule has 1 atom stereocenters. The quantitative estimate of drug-likeness (QED) is 0.600. The molecule has 3 nitrogen and oxygen atoms in total. The van der Waals surface area contributed by atoms with Gasteiger partial charge in [-0.3, -0.25) is 9.78 Å². The van der Waals surface area contributed by atoms with Crippen molar-refractivity contribution in [2.24, 2.45) is 0 Å². The molecule has 2 aromatic carbocycles. The summed E-state index contributed by atoms with van der Waals surface area (Å²) in [5.41, 5.74) is 2.75. The van der Waals surface area contributed by atoms with Crippen LogP contribution in [0.2, 0.25) is 0 Å². The number of hydrogen-bond acceptors (Lipinski definition) is 3. The molecule has 4 heteroatoms. The van der Waals surface area contributed by atoms with Gasteiger partial charge in [0.25, 0.3) is 0 Å². The topological polar surface area (TPSA) is 39.2 Å². The maximum Gasteiger partial charge on any atom is 0.311 e. The van der Waals surface area contributed by atoms with Gasteiger partial charge in [0.05, 0.1) is 6.42 Å². The predicted molar refractivity (Wildman–Crippen MR) is 96.5 cm³/mol. The molecule has 0 aliphatic carbocycles. The zero-order chi connectivity index (χ0) is 16.8. The lowest BCUT2D eigenvalue weighted by molar-refractivity contribution is -0.146. The maximum atomic E-state index is 12.4. The van der Waals surface area contributed by atoms with Crippen LogP contribution in [-0.2, 0) is 16.0 Å².